The van der Waals surface area contributed by atoms with E-state index in [-0.39, 0.29) is 0 Å². The van der Waals surface area contributed by atoms with Crippen molar-refractivity contribution in [2.75, 3.05) is 0 Å². The van der Waals surface area contributed by atoms with Crippen LogP contribution in [0.3, 0.4) is 0 Å². The number of Topliss-reactive ketones (excluding diaryl/α,β-unsaturated/α-hetero) is 1. The van der Waals surface area contributed by atoms with E-state index in [4.69, 9.17) is 0 Å². The van der Waals surface area contributed by atoms with Crippen molar-refractivity contribution in [3.05, 3.63) is 0 Å². The Hall–Kier alpha value is -0.330. The summed E-state index contributed by atoms with van der Waals surface area (Å²) in [5, 5.41) is 0. The lowest BCUT2D eigenvalue weighted by Crippen LogP contribution is -1.95. The molecule has 1 atom stereocenters. The minimum Gasteiger partial charge on any atom is -0.300 e. The number of ketones is 1. The number of carbonyl (C=O) groups excluding carboxylic acids is 1. The molecule has 0 rings (SSSR count). The van der Waals surface area contributed by atoms with Gasteiger partial charge in [0.1, 0.15) is 5.78 Å². The molecule has 0 aliphatic rings. The third kappa shape index (κ3) is 13.7. The molecule has 1 unspecified atom stereocenters. The second-order valence-electron chi connectivity index (χ2n) is 5.96. The lowest BCUT2D eigenvalue weighted by molar-refractivity contribution is -0.117. The highest BCUT2D eigenvalue weighted by molar-refractivity contribution is 5.75. The van der Waals surface area contributed by atoms with Gasteiger partial charge in [-0.15, -0.1) is 0 Å². The maximum atomic E-state index is 10.8. The number of rotatable bonds is 13. The van der Waals surface area contributed by atoms with Crippen LogP contribution in [0.2, 0.25) is 0 Å². The summed E-state index contributed by atoms with van der Waals surface area (Å²) < 4.78 is 0. The van der Waals surface area contributed by atoms with Gasteiger partial charge in [0.2, 0.25) is 0 Å². The molecule has 0 aliphatic heterocycles. The predicted octanol–water partition coefficient (Wildman–Crippen LogP) is 5.91. The lowest BCUT2D eigenvalue weighted by atomic mass is 9.96. The third-order valence-corrected chi connectivity index (χ3v) is 3.78. The van der Waals surface area contributed by atoms with Crippen molar-refractivity contribution in [1.29, 1.82) is 0 Å². The molecule has 0 aromatic heterocycles. The van der Waals surface area contributed by atoms with Gasteiger partial charge in [-0.1, -0.05) is 78.1 Å². The van der Waals surface area contributed by atoms with Gasteiger partial charge in [-0.2, -0.15) is 0 Å². The van der Waals surface area contributed by atoms with E-state index in [1.807, 2.05) is 0 Å². The molecular weight excluding hydrogens is 220 g/mol. The van der Waals surface area contributed by atoms with Crippen molar-refractivity contribution in [3.8, 4) is 0 Å². The van der Waals surface area contributed by atoms with E-state index < -0.39 is 0 Å². The largest absolute Gasteiger partial charge is 0.300 e. The normalized spacial score (nSPS) is 12.6. The van der Waals surface area contributed by atoms with Crippen LogP contribution in [0.15, 0.2) is 0 Å². The van der Waals surface area contributed by atoms with Gasteiger partial charge in [0.25, 0.3) is 0 Å². The Bertz CT molecular complexity index is 186. The number of unbranched alkanes of at least 4 members (excludes halogenated alkanes) is 7. The maximum absolute atomic E-state index is 10.8. The summed E-state index contributed by atoms with van der Waals surface area (Å²) in [4.78, 5) is 10.8. The fourth-order valence-electron chi connectivity index (χ4n) is 2.46. The van der Waals surface area contributed by atoms with Crippen LogP contribution in [0, 0.1) is 5.92 Å². The summed E-state index contributed by atoms with van der Waals surface area (Å²) in [5.41, 5.74) is 0. The summed E-state index contributed by atoms with van der Waals surface area (Å²) in [6.07, 6.45) is 15.6. The van der Waals surface area contributed by atoms with Crippen molar-refractivity contribution < 1.29 is 4.79 Å². The Morgan fingerprint density at radius 1 is 0.833 bits per heavy atom. The molecule has 0 spiro atoms. The minimum atomic E-state index is 0.343. The summed E-state index contributed by atoms with van der Waals surface area (Å²) in [6, 6.07) is 0. The number of hydrogen-bond acceptors (Lipinski definition) is 1. The van der Waals surface area contributed by atoms with Gasteiger partial charge >= 0.3 is 0 Å². The molecule has 108 valence electrons. The van der Waals surface area contributed by atoms with E-state index in [1.54, 1.807) is 6.92 Å². The molecule has 0 heterocycles. The first-order valence-corrected chi connectivity index (χ1v) is 8.16. The van der Waals surface area contributed by atoms with Gasteiger partial charge in [-0.3, -0.25) is 0 Å². The van der Waals surface area contributed by atoms with Gasteiger partial charge in [-0.25, -0.2) is 0 Å². The van der Waals surface area contributed by atoms with Gasteiger partial charge in [0, 0.05) is 6.42 Å². The zero-order chi connectivity index (χ0) is 13.6. The van der Waals surface area contributed by atoms with Crippen LogP contribution in [-0.4, -0.2) is 5.78 Å². The highest BCUT2D eigenvalue weighted by Gasteiger charge is 2.02. The first kappa shape index (κ1) is 17.7. The Balaban J connectivity index is 3.16. The smallest absolute Gasteiger partial charge is 0.129 e. The molecule has 0 aromatic carbocycles. The number of carbonyl (C=O) groups is 1. The molecule has 0 aromatic rings. The molecule has 0 saturated carbocycles. The summed E-state index contributed by atoms with van der Waals surface area (Å²) >= 11 is 0. The first-order chi connectivity index (χ1) is 8.66. The Labute approximate surface area is 115 Å². The Kier molecular flexibility index (Phi) is 12.9. The van der Waals surface area contributed by atoms with Crippen LogP contribution in [0.1, 0.15) is 97.8 Å². The average molecular weight is 254 g/mol. The van der Waals surface area contributed by atoms with Crippen LogP contribution in [0.4, 0.5) is 0 Å². The molecule has 1 heteroatoms. The van der Waals surface area contributed by atoms with E-state index in [1.165, 1.54) is 64.2 Å². The van der Waals surface area contributed by atoms with Crippen molar-refractivity contribution >= 4 is 5.78 Å². The monoisotopic (exact) mass is 254 g/mol. The average Bonchev–Trinajstić information content (AvgIpc) is 2.33. The molecule has 0 N–H and O–H groups in total. The summed E-state index contributed by atoms with van der Waals surface area (Å²) in [6.45, 7) is 6.37. The summed E-state index contributed by atoms with van der Waals surface area (Å²) in [5.74, 6) is 1.25. The quantitative estimate of drug-likeness (QED) is 0.373. The zero-order valence-corrected chi connectivity index (χ0v) is 13.0. The Morgan fingerprint density at radius 3 is 1.83 bits per heavy atom. The van der Waals surface area contributed by atoms with Gasteiger partial charge in [-0.05, 0) is 19.3 Å². The Morgan fingerprint density at radius 2 is 1.33 bits per heavy atom. The molecule has 0 radical (unpaired) electrons. The zero-order valence-electron chi connectivity index (χ0n) is 13.0. The van der Waals surface area contributed by atoms with Crippen LogP contribution < -0.4 is 0 Å². The van der Waals surface area contributed by atoms with Gasteiger partial charge in [0.15, 0.2) is 0 Å². The molecule has 0 saturated heterocycles. The third-order valence-electron chi connectivity index (χ3n) is 3.78. The lowest BCUT2D eigenvalue weighted by Gasteiger charge is -2.10. The van der Waals surface area contributed by atoms with Crippen molar-refractivity contribution in [2.24, 2.45) is 5.92 Å². The molecular formula is C17H34O. The van der Waals surface area contributed by atoms with Gasteiger partial charge < -0.3 is 4.79 Å². The maximum Gasteiger partial charge on any atom is 0.129 e. The van der Waals surface area contributed by atoms with Crippen LogP contribution in [0.5, 0.6) is 0 Å². The fraction of sp³-hybridized carbons (Fsp3) is 0.941. The minimum absolute atomic E-state index is 0.343. The summed E-state index contributed by atoms with van der Waals surface area (Å²) in [7, 11) is 0. The molecule has 0 fully saturated rings. The van der Waals surface area contributed by atoms with E-state index in [0.29, 0.717) is 5.78 Å². The number of hydrogen-bond donors (Lipinski definition) is 0. The highest BCUT2D eigenvalue weighted by Crippen LogP contribution is 2.18. The second kappa shape index (κ2) is 13.1. The SMILES string of the molecule is CCCCCCCC(C)CCCCCCC(C)=O. The highest BCUT2D eigenvalue weighted by atomic mass is 16.1. The molecule has 0 bridgehead atoms. The predicted molar refractivity (Wildman–Crippen MR) is 80.9 cm³/mol. The fourth-order valence-corrected chi connectivity index (χ4v) is 2.46. The van der Waals surface area contributed by atoms with Crippen molar-refractivity contribution in [1.82, 2.24) is 0 Å². The molecule has 0 amide bonds. The van der Waals surface area contributed by atoms with E-state index in [9.17, 15) is 4.79 Å². The molecule has 1 nitrogen and oxygen atoms in total. The van der Waals surface area contributed by atoms with Crippen molar-refractivity contribution in [3.63, 3.8) is 0 Å². The van der Waals surface area contributed by atoms with E-state index in [0.717, 1.165) is 18.8 Å². The van der Waals surface area contributed by atoms with Crippen molar-refractivity contribution in [2.45, 2.75) is 97.8 Å². The topological polar surface area (TPSA) is 17.1 Å². The van der Waals surface area contributed by atoms with E-state index >= 15 is 0 Å². The standard InChI is InChI=1S/C17H34O/c1-4-5-6-7-10-13-16(2)14-11-8-9-12-15-17(3)18/h16H,4-15H2,1-3H3. The molecule has 18 heavy (non-hydrogen) atoms. The first-order valence-electron chi connectivity index (χ1n) is 8.16. The van der Waals surface area contributed by atoms with Gasteiger partial charge in [0.05, 0.1) is 0 Å². The van der Waals surface area contributed by atoms with Crippen LogP contribution >= 0.6 is 0 Å². The second-order valence-corrected chi connectivity index (χ2v) is 5.96. The molecule has 0 aliphatic carbocycles. The van der Waals surface area contributed by atoms with E-state index in [2.05, 4.69) is 13.8 Å². The van der Waals surface area contributed by atoms with Crippen LogP contribution in [-0.2, 0) is 4.79 Å². The van der Waals surface area contributed by atoms with Crippen LogP contribution in [0.25, 0.3) is 0 Å².